The lowest BCUT2D eigenvalue weighted by Crippen LogP contribution is -2.23. The van der Waals surface area contributed by atoms with Gasteiger partial charge in [-0.25, -0.2) is 4.98 Å². The van der Waals surface area contributed by atoms with Crippen LogP contribution in [0.25, 0.3) is 11.1 Å². The fourth-order valence-corrected chi connectivity index (χ4v) is 2.36. The van der Waals surface area contributed by atoms with Crippen molar-refractivity contribution in [2.45, 2.75) is 32.2 Å². The number of fused-ring (bicyclic) bond motifs is 1. The molecule has 1 aromatic heterocycles. The Morgan fingerprint density at radius 1 is 1.50 bits per heavy atom. The summed E-state index contributed by atoms with van der Waals surface area (Å²) < 4.78 is 5.81. The van der Waals surface area contributed by atoms with Crippen LogP contribution in [0.5, 0.6) is 0 Å². The molecular formula is C13H16N2O. The molecule has 1 aliphatic heterocycles. The summed E-state index contributed by atoms with van der Waals surface area (Å²) in [5.74, 6) is 0.865. The van der Waals surface area contributed by atoms with Gasteiger partial charge in [0.1, 0.15) is 5.52 Å². The largest absolute Gasteiger partial charge is 0.440 e. The Kier molecular flexibility index (Phi) is 2.40. The van der Waals surface area contributed by atoms with Gasteiger partial charge >= 0.3 is 0 Å². The third-order valence-corrected chi connectivity index (χ3v) is 3.24. The molecule has 0 saturated carbocycles. The van der Waals surface area contributed by atoms with Crippen molar-refractivity contribution >= 4 is 11.1 Å². The Bertz CT molecular complexity index is 498. The maximum atomic E-state index is 5.81. The van der Waals surface area contributed by atoms with Crippen molar-refractivity contribution in [3.8, 4) is 0 Å². The molecular weight excluding hydrogens is 200 g/mol. The predicted molar refractivity (Wildman–Crippen MR) is 63.5 cm³/mol. The van der Waals surface area contributed by atoms with E-state index in [-0.39, 0.29) is 0 Å². The molecule has 1 atom stereocenters. The molecule has 1 N–H and O–H groups in total. The van der Waals surface area contributed by atoms with Gasteiger partial charge in [0, 0.05) is 12.5 Å². The molecule has 0 aliphatic carbocycles. The van der Waals surface area contributed by atoms with Crippen molar-refractivity contribution in [1.82, 2.24) is 10.3 Å². The van der Waals surface area contributed by atoms with Crippen LogP contribution in [-0.2, 0) is 6.42 Å². The number of nitrogens with one attached hydrogen (secondary N) is 1. The van der Waals surface area contributed by atoms with Crippen molar-refractivity contribution in [3.05, 3.63) is 29.7 Å². The lowest BCUT2D eigenvalue weighted by molar-refractivity contribution is 0.477. The van der Waals surface area contributed by atoms with Gasteiger partial charge in [0.15, 0.2) is 11.5 Å². The molecule has 84 valence electrons. The van der Waals surface area contributed by atoms with Crippen LogP contribution in [0.3, 0.4) is 0 Å². The van der Waals surface area contributed by atoms with Gasteiger partial charge in [-0.2, -0.15) is 0 Å². The van der Waals surface area contributed by atoms with E-state index in [1.807, 2.05) is 12.1 Å². The standard InChI is InChI=1S/C13H16N2O/c1-9-4-2-6-11-13(9)16-12(15-11)8-10-5-3-7-14-10/h2,4,6,10,14H,3,5,7-8H2,1H3. The van der Waals surface area contributed by atoms with E-state index in [2.05, 4.69) is 23.3 Å². The van der Waals surface area contributed by atoms with Gasteiger partial charge in [-0.3, -0.25) is 0 Å². The summed E-state index contributed by atoms with van der Waals surface area (Å²) in [6.07, 6.45) is 3.41. The van der Waals surface area contributed by atoms with Crippen LogP contribution in [0, 0.1) is 6.92 Å². The lowest BCUT2D eigenvalue weighted by atomic mass is 10.2. The topological polar surface area (TPSA) is 38.1 Å². The highest BCUT2D eigenvalue weighted by molar-refractivity contribution is 5.75. The third-order valence-electron chi connectivity index (χ3n) is 3.24. The summed E-state index contributed by atoms with van der Waals surface area (Å²) >= 11 is 0. The summed E-state index contributed by atoms with van der Waals surface area (Å²) in [7, 11) is 0. The zero-order valence-corrected chi connectivity index (χ0v) is 9.49. The summed E-state index contributed by atoms with van der Waals surface area (Å²) in [5.41, 5.74) is 3.08. The Morgan fingerprint density at radius 3 is 3.19 bits per heavy atom. The minimum absolute atomic E-state index is 0.549. The zero-order valence-electron chi connectivity index (χ0n) is 9.49. The molecule has 1 saturated heterocycles. The number of hydrogen-bond donors (Lipinski definition) is 1. The van der Waals surface area contributed by atoms with Crippen LogP contribution in [-0.4, -0.2) is 17.6 Å². The van der Waals surface area contributed by atoms with Crippen LogP contribution in [0.4, 0.5) is 0 Å². The van der Waals surface area contributed by atoms with Crippen LogP contribution < -0.4 is 5.32 Å². The van der Waals surface area contributed by atoms with E-state index in [4.69, 9.17) is 4.42 Å². The SMILES string of the molecule is Cc1cccc2nc(CC3CCCN3)oc12. The molecule has 2 heterocycles. The Labute approximate surface area is 94.9 Å². The van der Waals surface area contributed by atoms with E-state index in [1.165, 1.54) is 12.8 Å². The first-order valence-electron chi connectivity index (χ1n) is 5.91. The normalized spacial score (nSPS) is 20.7. The highest BCUT2D eigenvalue weighted by Gasteiger charge is 2.17. The molecule has 1 unspecified atom stereocenters. The van der Waals surface area contributed by atoms with Gasteiger partial charge in [-0.15, -0.1) is 0 Å². The van der Waals surface area contributed by atoms with Crippen molar-refractivity contribution in [2.75, 3.05) is 6.54 Å². The van der Waals surface area contributed by atoms with Gasteiger partial charge in [0.2, 0.25) is 0 Å². The first kappa shape index (κ1) is 9.85. The zero-order chi connectivity index (χ0) is 11.0. The van der Waals surface area contributed by atoms with Gasteiger partial charge in [-0.05, 0) is 37.9 Å². The molecule has 16 heavy (non-hydrogen) atoms. The van der Waals surface area contributed by atoms with Gasteiger partial charge in [-0.1, -0.05) is 12.1 Å². The van der Waals surface area contributed by atoms with E-state index in [0.717, 1.165) is 35.5 Å². The number of rotatable bonds is 2. The lowest BCUT2D eigenvalue weighted by Gasteiger charge is -2.05. The molecule has 0 bridgehead atoms. The molecule has 3 heteroatoms. The molecule has 0 spiro atoms. The summed E-state index contributed by atoms with van der Waals surface area (Å²) in [6, 6.07) is 6.65. The van der Waals surface area contributed by atoms with E-state index in [9.17, 15) is 0 Å². The van der Waals surface area contributed by atoms with Crippen LogP contribution in [0.2, 0.25) is 0 Å². The minimum Gasteiger partial charge on any atom is -0.440 e. The second-order valence-electron chi connectivity index (χ2n) is 4.53. The monoisotopic (exact) mass is 216 g/mol. The summed E-state index contributed by atoms with van der Waals surface area (Å²) in [4.78, 5) is 4.53. The average molecular weight is 216 g/mol. The Morgan fingerprint density at radius 2 is 2.44 bits per heavy atom. The molecule has 2 aromatic rings. The van der Waals surface area contributed by atoms with Gasteiger partial charge in [0.05, 0.1) is 0 Å². The second-order valence-corrected chi connectivity index (χ2v) is 4.53. The van der Waals surface area contributed by atoms with Crippen molar-refractivity contribution in [1.29, 1.82) is 0 Å². The van der Waals surface area contributed by atoms with Crippen molar-refractivity contribution < 1.29 is 4.42 Å². The maximum Gasteiger partial charge on any atom is 0.197 e. The Hall–Kier alpha value is -1.35. The van der Waals surface area contributed by atoms with Crippen LogP contribution >= 0.6 is 0 Å². The van der Waals surface area contributed by atoms with Crippen LogP contribution in [0.1, 0.15) is 24.3 Å². The molecule has 0 amide bonds. The van der Waals surface area contributed by atoms with Gasteiger partial charge < -0.3 is 9.73 Å². The molecule has 0 radical (unpaired) electrons. The maximum absolute atomic E-state index is 5.81. The third kappa shape index (κ3) is 1.71. The van der Waals surface area contributed by atoms with Crippen molar-refractivity contribution in [3.63, 3.8) is 0 Å². The van der Waals surface area contributed by atoms with Crippen molar-refractivity contribution in [2.24, 2.45) is 0 Å². The number of oxazole rings is 1. The smallest absolute Gasteiger partial charge is 0.197 e. The number of aryl methyl sites for hydroxylation is 1. The number of nitrogens with zero attached hydrogens (tertiary/aromatic N) is 1. The number of para-hydroxylation sites is 1. The van der Waals surface area contributed by atoms with Crippen LogP contribution in [0.15, 0.2) is 22.6 Å². The first-order chi connectivity index (χ1) is 7.83. The summed E-state index contributed by atoms with van der Waals surface area (Å²) in [6.45, 7) is 3.19. The number of benzene rings is 1. The molecule has 1 aliphatic rings. The first-order valence-corrected chi connectivity index (χ1v) is 5.91. The molecule has 3 rings (SSSR count). The Balaban J connectivity index is 1.90. The molecule has 1 fully saturated rings. The number of hydrogen-bond acceptors (Lipinski definition) is 3. The fourth-order valence-electron chi connectivity index (χ4n) is 2.36. The second kappa shape index (κ2) is 3.91. The highest BCUT2D eigenvalue weighted by Crippen LogP contribution is 2.21. The van der Waals surface area contributed by atoms with E-state index in [1.54, 1.807) is 0 Å². The average Bonchev–Trinajstić information content (AvgIpc) is 2.88. The van der Waals surface area contributed by atoms with Gasteiger partial charge in [0.25, 0.3) is 0 Å². The van der Waals surface area contributed by atoms with E-state index in [0.29, 0.717) is 6.04 Å². The number of aromatic nitrogens is 1. The fraction of sp³-hybridized carbons (Fsp3) is 0.462. The van der Waals surface area contributed by atoms with E-state index < -0.39 is 0 Å². The predicted octanol–water partition coefficient (Wildman–Crippen LogP) is 2.43. The minimum atomic E-state index is 0.549. The quantitative estimate of drug-likeness (QED) is 0.837. The molecule has 1 aromatic carbocycles. The summed E-state index contributed by atoms with van der Waals surface area (Å²) in [5, 5.41) is 3.46. The molecule has 3 nitrogen and oxygen atoms in total. The highest BCUT2D eigenvalue weighted by atomic mass is 16.3. The van der Waals surface area contributed by atoms with E-state index >= 15 is 0 Å².